The molecule has 0 saturated carbocycles. The summed E-state index contributed by atoms with van der Waals surface area (Å²) < 4.78 is 11.0. The van der Waals surface area contributed by atoms with E-state index in [-0.39, 0.29) is 17.8 Å². The third-order valence-corrected chi connectivity index (χ3v) is 11.2. The van der Waals surface area contributed by atoms with Crippen LogP contribution in [0.4, 0.5) is 0 Å². The molecule has 7 nitrogen and oxygen atoms in total. The molecule has 57 heavy (non-hydrogen) atoms. The number of carbonyl (C=O) groups excluding carboxylic acids is 3. The molecule has 0 heterocycles. The summed E-state index contributed by atoms with van der Waals surface area (Å²) in [5.41, 5.74) is 0. The summed E-state index contributed by atoms with van der Waals surface area (Å²) in [6, 6.07) is 0. The van der Waals surface area contributed by atoms with Crippen LogP contribution in [0, 0.1) is 11.8 Å². The fraction of sp³-hybridized carbons (Fsp3) is 0.860. The second kappa shape index (κ2) is 42.0. The number of nitrogens with zero attached hydrogens (tertiary/aromatic N) is 2. The lowest BCUT2D eigenvalue weighted by molar-refractivity contribution is -0.143. The number of esters is 2. The number of carbonyl (C=O) groups is 3. The first-order chi connectivity index (χ1) is 27.8. The fourth-order valence-electron chi connectivity index (χ4n) is 7.49. The largest absolute Gasteiger partial charge is 0.461 e. The van der Waals surface area contributed by atoms with Gasteiger partial charge in [0.2, 0.25) is 5.91 Å². The van der Waals surface area contributed by atoms with E-state index in [1.54, 1.807) is 0 Å². The molecule has 0 radical (unpaired) electrons. The van der Waals surface area contributed by atoms with Gasteiger partial charge >= 0.3 is 11.9 Å². The van der Waals surface area contributed by atoms with Gasteiger partial charge in [0, 0.05) is 32.4 Å². The first kappa shape index (κ1) is 54.9. The Bertz CT molecular complexity index is 896. The maximum Gasteiger partial charge on any atom is 0.306 e. The van der Waals surface area contributed by atoms with Crippen molar-refractivity contribution in [3.63, 3.8) is 0 Å². The number of hydrogen-bond donors (Lipinski definition) is 0. The third-order valence-electron chi connectivity index (χ3n) is 11.2. The summed E-state index contributed by atoms with van der Waals surface area (Å²) in [7, 11) is 4.11. The molecule has 0 rings (SSSR count). The molecule has 0 atom stereocenters. The van der Waals surface area contributed by atoms with Gasteiger partial charge in [-0.2, -0.15) is 0 Å². The van der Waals surface area contributed by atoms with Crippen LogP contribution in [0.1, 0.15) is 220 Å². The summed E-state index contributed by atoms with van der Waals surface area (Å²) >= 11 is 0. The molecule has 0 fully saturated rings. The lowest BCUT2D eigenvalue weighted by Crippen LogP contribution is -2.33. The predicted octanol–water partition coefficient (Wildman–Crippen LogP) is 13.6. The van der Waals surface area contributed by atoms with E-state index in [9.17, 15) is 14.4 Å². The SMILES string of the molecule is CCCCCC(C=CCOC(=O)CCCCCCCN(CCCCCCCC(=O)OCC=CC(CCCCC)CCCCC)C(=O)CCCN(C)C)CCCCC. The van der Waals surface area contributed by atoms with Crippen molar-refractivity contribution < 1.29 is 23.9 Å². The number of unbranched alkanes of at least 4 members (excludes halogenated alkanes) is 16. The average Bonchev–Trinajstić information content (AvgIpc) is 3.19. The Morgan fingerprint density at radius 1 is 0.439 bits per heavy atom. The van der Waals surface area contributed by atoms with Crippen LogP contribution in [0.2, 0.25) is 0 Å². The zero-order valence-electron chi connectivity index (χ0n) is 38.6. The Morgan fingerprint density at radius 2 is 0.807 bits per heavy atom. The van der Waals surface area contributed by atoms with Crippen LogP contribution in [0.3, 0.4) is 0 Å². The molecule has 0 aliphatic rings. The second-order valence-electron chi connectivity index (χ2n) is 17.0. The van der Waals surface area contributed by atoms with Gasteiger partial charge < -0.3 is 19.3 Å². The minimum Gasteiger partial charge on any atom is -0.461 e. The van der Waals surface area contributed by atoms with Crippen LogP contribution in [-0.2, 0) is 23.9 Å². The highest BCUT2D eigenvalue weighted by atomic mass is 16.5. The first-order valence-electron chi connectivity index (χ1n) is 24.3. The smallest absolute Gasteiger partial charge is 0.306 e. The quantitative estimate of drug-likeness (QED) is 0.0348. The molecule has 0 aromatic heterocycles. The summed E-state index contributed by atoms with van der Waals surface area (Å²) in [5, 5.41) is 0. The maximum absolute atomic E-state index is 13.1. The monoisotopic (exact) mass is 803 g/mol. The topological polar surface area (TPSA) is 76.1 Å². The number of amides is 1. The van der Waals surface area contributed by atoms with E-state index in [1.165, 1.54) is 103 Å². The maximum atomic E-state index is 13.1. The molecule has 7 heteroatoms. The molecule has 0 aliphatic carbocycles. The molecular formula is C50H94N2O5. The van der Waals surface area contributed by atoms with E-state index in [1.807, 2.05) is 0 Å². The number of rotatable bonds is 42. The minimum atomic E-state index is -0.0927. The number of allylic oxidation sites excluding steroid dienone is 2. The average molecular weight is 803 g/mol. The van der Waals surface area contributed by atoms with Crippen molar-refractivity contribution in [2.45, 2.75) is 220 Å². The number of ether oxygens (including phenoxy) is 2. The van der Waals surface area contributed by atoms with E-state index in [0.29, 0.717) is 44.3 Å². The van der Waals surface area contributed by atoms with Crippen LogP contribution in [0.15, 0.2) is 24.3 Å². The summed E-state index contributed by atoms with van der Waals surface area (Å²) in [6.07, 6.45) is 41.4. The predicted molar refractivity (Wildman–Crippen MR) is 244 cm³/mol. The summed E-state index contributed by atoms with van der Waals surface area (Å²) in [5.74, 6) is 1.30. The van der Waals surface area contributed by atoms with Gasteiger partial charge in [0.25, 0.3) is 0 Å². The van der Waals surface area contributed by atoms with Crippen LogP contribution in [-0.4, -0.2) is 74.6 Å². The molecule has 0 spiro atoms. The van der Waals surface area contributed by atoms with E-state index in [2.05, 4.69) is 75.9 Å². The van der Waals surface area contributed by atoms with Gasteiger partial charge in [-0.15, -0.1) is 0 Å². The lowest BCUT2D eigenvalue weighted by atomic mass is 9.94. The van der Waals surface area contributed by atoms with Crippen LogP contribution >= 0.6 is 0 Å². The van der Waals surface area contributed by atoms with Crippen LogP contribution < -0.4 is 0 Å². The molecule has 0 saturated heterocycles. The van der Waals surface area contributed by atoms with Crippen molar-refractivity contribution in [1.82, 2.24) is 9.80 Å². The van der Waals surface area contributed by atoms with E-state index in [4.69, 9.17) is 9.47 Å². The van der Waals surface area contributed by atoms with Crippen molar-refractivity contribution in [1.29, 1.82) is 0 Å². The van der Waals surface area contributed by atoms with Crippen LogP contribution in [0.5, 0.6) is 0 Å². The van der Waals surface area contributed by atoms with E-state index in [0.717, 1.165) is 90.3 Å². The third kappa shape index (κ3) is 37.8. The van der Waals surface area contributed by atoms with E-state index < -0.39 is 0 Å². The van der Waals surface area contributed by atoms with Crippen LogP contribution in [0.25, 0.3) is 0 Å². The highest BCUT2D eigenvalue weighted by Crippen LogP contribution is 2.20. The van der Waals surface area contributed by atoms with Crippen molar-refractivity contribution in [2.75, 3.05) is 46.9 Å². The second-order valence-corrected chi connectivity index (χ2v) is 17.0. The molecule has 0 N–H and O–H groups in total. The lowest BCUT2D eigenvalue weighted by Gasteiger charge is -2.23. The van der Waals surface area contributed by atoms with Gasteiger partial charge in [-0.3, -0.25) is 14.4 Å². The van der Waals surface area contributed by atoms with Gasteiger partial charge in [0.15, 0.2) is 0 Å². The Labute approximate surface area is 353 Å². The minimum absolute atomic E-state index is 0.0927. The van der Waals surface area contributed by atoms with Gasteiger partial charge in [0.05, 0.1) is 0 Å². The van der Waals surface area contributed by atoms with Gasteiger partial charge in [-0.25, -0.2) is 0 Å². The van der Waals surface area contributed by atoms with Crippen molar-refractivity contribution >= 4 is 17.8 Å². The zero-order chi connectivity index (χ0) is 42.0. The summed E-state index contributed by atoms with van der Waals surface area (Å²) in [4.78, 5) is 42.0. The van der Waals surface area contributed by atoms with Gasteiger partial charge in [0.1, 0.15) is 13.2 Å². The fourth-order valence-corrected chi connectivity index (χ4v) is 7.49. The highest BCUT2D eigenvalue weighted by molar-refractivity contribution is 5.76. The van der Waals surface area contributed by atoms with Crippen molar-refractivity contribution in [3.05, 3.63) is 24.3 Å². The van der Waals surface area contributed by atoms with Crippen molar-refractivity contribution in [2.24, 2.45) is 11.8 Å². The molecule has 1 amide bonds. The van der Waals surface area contributed by atoms with E-state index >= 15 is 0 Å². The van der Waals surface area contributed by atoms with Gasteiger partial charge in [-0.05, 0) is 90.3 Å². The Balaban J connectivity index is 4.35. The summed E-state index contributed by atoms with van der Waals surface area (Å²) in [6.45, 7) is 12.3. The first-order valence-corrected chi connectivity index (χ1v) is 24.3. The highest BCUT2D eigenvalue weighted by Gasteiger charge is 2.13. The number of hydrogen-bond acceptors (Lipinski definition) is 6. The molecule has 0 aromatic rings. The Morgan fingerprint density at radius 3 is 1.18 bits per heavy atom. The molecule has 0 aromatic carbocycles. The zero-order valence-corrected chi connectivity index (χ0v) is 38.6. The molecule has 0 unspecified atom stereocenters. The molecule has 0 bridgehead atoms. The Kier molecular flexibility index (Phi) is 40.4. The normalized spacial score (nSPS) is 11.9. The molecule has 0 aliphatic heterocycles. The van der Waals surface area contributed by atoms with Gasteiger partial charge in [-0.1, -0.05) is 168 Å². The standard InChI is InChI=1S/C50H94N2O5/c1-7-11-21-32-46(33-22-12-8-2)36-30-44-56-49(54)39-25-17-15-19-27-42-52(48(53)38-29-41-51(5)6)43-28-20-16-18-26-40-50(55)57-45-31-37-47(34-23-13-9-3)35-24-14-10-4/h30-31,36-37,46-47H,7-29,32-35,38-45H2,1-6H3. The molecule has 334 valence electrons. The molecular weight excluding hydrogens is 709 g/mol. The Hall–Kier alpha value is -2.15. The van der Waals surface area contributed by atoms with Crippen molar-refractivity contribution in [3.8, 4) is 0 Å².